The second kappa shape index (κ2) is 13.1. The SMILES string of the molecule is C[C@H](C(=O)NC1CCCCC1)N(Cc1ccc(Cl)cc1Cl)C(=O)CN(c1ccccc1F)S(=O)(=O)N(C)C. The van der Waals surface area contributed by atoms with Crippen LogP contribution in [-0.2, 0) is 26.3 Å². The summed E-state index contributed by atoms with van der Waals surface area (Å²) in [6, 6.07) is 9.13. The molecule has 1 fully saturated rings. The van der Waals surface area contributed by atoms with Gasteiger partial charge in [0, 0.05) is 36.7 Å². The molecule has 1 aliphatic carbocycles. The van der Waals surface area contributed by atoms with Gasteiger partial charge in [0.2, 0.25) is 11.8 Å². The van der Waals surface area contributed by atoms with Gasteiger partial charge in [0.05, 0.1) is 5.69 Å². The molecule has 12 heteroatoms. The van der Waals surface area contributed by atoms with E-state index in [2.05, 4.69) is 5.32 Å². The number of carbonyl (C=O) groups excluding carboxylic acids is 2. The summed E-state index contributed by atoms with van der Waals surface area (Å²) in [4.78, 5) is 28.3. The lowest BCUT2D eigenvalue weighted by Gasteiger charge is -2.34. The summed E-state index contributed by atoms with van der Waals surface area (Å²) in [6.07, 6.45) is 4.87. The first-order valence-corrected chi connectivity index (χ1v) is 14.6. The van der Waals surface area contributed by atoms with Crippen LogP contribution >= 0.6 is 23.2 Å². The third-order valence-electron chi connectivity index (χ3n) is 6.61. The van der Waals surface area contributed by atoms with Crippen LogP contribution in [-0.4, -0.2) is 62.2 Å². The van der Waals surface area contributed by atoms with Crippen LogP contribution < -0.4 is 9.62 Å². The normalized spacial score (nSPS) is 15.2. The number of hydrogen-bond acceptors (Lipinski definition) is 4. The zero-order valence-corrected chi connectivity index (χ0v) is 24.0. The van der Waals surface area contributed by atoms with Gasteiger partial charge in [0.25, 0.3) is 0 Å². The van der Waals surface area contributed by atoms with Crippen LogP contribution in [0, 0.1) is 5.82 Å². The topological polar surface area (TPSA) is 90.0 Å². The van der Waals surface area contributed by atoms with Crippen LogP contribution in [0.25, 0.3) is 0 Å². The van der Waals surface area contributed by atoms with Crippen molar-refractivity contribution < 1.29 is 22.4 Å². The molecule has 0 spiro atoms. The molecule has 0 bridgehead atoms. The quantitative estimate of drug-likeness (QED) is 0.440. The number of nitrogens with one attached hydrogen (secondary N) is 1. The minimum Gasteiger partial charge on any atom is -0.352 e. The third kappa shape index (κ3) is 7.37. The molecule has 38 heavy (non-hydrogen) atoms. The van der Waals surface area contributed by atoms with Crippen LogP contribution in [0.15, 0.2) is 42.5 Å². The van der Waals surface area contributed by atoms with Crippen molar-refractivity contribution in [1.29, 1.82) is 0 Å². The average Bonchev–Trinajstić information content (AvgIpc) is 2.87. The molecule has 2 amide bonds. The summed E-state index contributed by atoms with van der Waals surface area (Å²) in [7, 11) is -1.68. The van der Waals surface area contributed by atoms with Crippen molar-refractivity contribution in [2.75, 3.05) is 24.9 Å². The maximum absolute atomic E-state index is 14.7. The van der Waals surface area contributed by atoms with Crippen molar-refractivity contribution in [3.05, 3.63) is 63.9 Å². The summed E-state index contributed by atoms with van der Waals surface area (Å²) < 4.78 is 42.6. The van der Waals surface area contributed by atoms with E-state index in [-0.39, 0.29) is 24.2 Å². The van der Waals surface area contributed by atoms with Crippen LogP contribution in [0.1, 0.15) is 44.6 Å². The lowest BCUT2D eigenvalue weighted by molar-refractivity contribution is -0.139. The number of para-hydroxylation sites is 1. The Balaban J connectivity index is 1.95. The van der Waals surface area contributed by atoms with E-state index in [9.17, 15) is 22.4 Å². The molecule has 1 atom stereocenters. The van der Waals surface area contributed by atoms with Crippen molar-refractivity contribution in [2.45, 2.75) is 57.7 Å². The summed E-state index contributed by atoms with van der Waals surface area (Å²) >= 11 is 12.4. The summed E-state index contributed by atoms with van der Waals surface area (Å²) in [6.45, 7) is 0.767. The monoisotopic (exact) mass is 586 g/mol. The van der Waals surface area contributed by atoms with Crippen molar-refractivity contribution in [3.63, 3.8) is 0 Å². The fraction of sp³-hybridized carbons (Fsp3) is 0.462. The van der Waals surface area contributed by atoms with Crippen molar-refractivity contribution >= 4 is 50.9 Å². The molecule has 0 heterocycles. The lowest BCUT2D eigenvalue weighted by atomic mass is 9.95. The Bertz CT molecular complexity index is 1260. The van der Waals surface area contributed by atoms with Crippen LogP contribution in [0.5, 0.6) is 0 Å². The third-order valence-corrected chi connectivity index (χ3v) is 9.01. The molecule has 3 rings (SSSR count). The van der Waals surface area contributed by atoms with Crippen LogP contribution in [0.2, 0.25) is 10.0 Å². The second-order valence-corrected chi connectivity index (χ2v) is 12.4. The van der Waals surface area contributed by atoms with E-state index in [1.54, 1.807) is 19.1 Å². The van der Waals surface area contributed by atoms with Crippen molar-refractivity contribution in [2.24, 2.45) is 0 Å². The maximum atomic E-state index is 14.7. The molecule has 8 nitrogen and oxygen atoms in total. The summed E-state index contributed by atoms with van der Waals surface area (Å²) in [5.41, 5.74) is 0.243. The number of halogens is 3. The molecular formula is C26H33Cl2FN4O4S. The first-order chi connectivity index (χ1) is 17.9. The molecule has 1 N–H and O–H groups in total. The Morgan fingerprint density at radius 1 is 1.08 bits per heavy atom. The Kier molecular flexibility index (Phi) is 10.4. The van der Waals surface area contributed by atoms with Gasteiger partial charge in [-0.05, 0) is 49.6 Å². The molecule has 1 saturated carbocycles. The van der Waals surface area contributed by atoms with Gasteiger partial charge < -0.3 is 10.2 Å². The van der Waals surface area contributed by atoms with Gasteiger partial charge >= 0.3 is 10.2 Å². The van der Waals surface area contributed by atoms with E-state index in [1.807, 2.05) is 0 Å². The Hall–Kier alpha value is -2.40. The zero-order chi connectivity index (χ0) is 28.0. The number of benzene rings is 2. The fourth-order valence-electron chi connectivity index (χ4n) is 4.34. The van der Waals surface area contributed by atoms with Crippen molar-refractivity contribution in [1.82, 2.24) is 14.5 Å². The highest BCUT2D eigenvalue weighted by molar-refractivity contribution is 7.90. The predicted octanol–water partition coefficient (Wildman–Crippen LogP) is 4.61. The van der Waals surface area contributed by atoms with E-state index in [0.29, 0.717) is 19.9 Å². The molecule has 0 aromatic heterocycles. The highest BCUT2D eigenvalue weighted by atomic mass is 35.5. The molecule has 0 aliphatic heterocycles. The molecule has 208 valence electrons. The van der Waals surface area contributed by atoms with Gasteiger partial charge in [0.1, 0.15) is 18.4 Å². The highest BCUT2D eigenvalue weighted by Crippen LogP contribution is 2.26. The number of amides is 2. The van der Waals surface area contributed by atoms with E-state index in [0.717, 1.165) is 42.5 Å². The van der Waals surface area contributed by atoms with Gasteiger partial charge in [0.15, 0.2) is 0 Å². The molecular weight excluding hydrogens is 554 g/mol. The Morgan fingerprint density at radius 2 is 1.74 bits per heavy atom. The largest absolute Gasteiger partial charge is 0.352 e. The number of hydrogen-bond donors (Lipinski definition) is 1. The Morgan fingerprint density at radius 3 is 2.34 bits per heavy atom. The minimum absolute atomic E-state index is 0.0128. The first-order valence-electron chi connectivity index (χ1n) is 12.4. The van der Waals surface area contributed by atoms with E-state index < -0.39 is 34.5 Å². The van der Waals surface area contributed by atoms with Gasteiger partial charge in [-0.25, -0.2) is 8.70 Å². The van der Waals surface area contributed by atoms with E-state index in [1.165, 1.54) is 43.3 Å². The van der Waals surface area contributed by atoms with E-state index >= 15 is 0 Å². The van der Waals surface area contributed by atoms with Crippen molar-refractivity contribution in [3.8, 4) is 0 Å². The van der Waals surface area contributed by atoms with Crippen LogP contribution in [0.4, 0.5) is 10.1 Å². The number of nitrogens with zero attached hydrogens (tertiary/aromatic N) is 3. The van der Waals surface area contributed by atoms with Gasteiger partial charge in [-0.1, -0.05) is 60.7 Å². The molecule has 0 unspecified atom stereocenters. The number of anilines is 1. The van der Waals surface area contributed by atoms with E-state index in [4.69, 9.17) is 23.2 Å². The summed E-state index contributed by atoms with van der Waals surface area (Å²) in [5, 5.41) is 3.72. The molecule has 2 aromatic carbocycles. The standard InChI is InChI=1S/C26H33Cl2FN4O4S/c1-18(26(35)30-21-9-5-4-6-10-21)32(16-19-13-14-20(27)15-22(19)28)25(34)17-33(38(36,37)31(2)3)24-12-8-7-11-23(24)29/h7-8,11-15,18,21H,4-6,9-10,16-17H2,1-3H3,(H,30,35)/t18-/m1/s1. The maximum Gasteiger partial charge on any atom is 0.304 e. The number of rotatable bonds is 10. The molecule has 2 aromatic rings. The molecule has 0 saturated heterocycles. The second-order valence-electron chi connectivity index (χ2n) is 9.53. The number of carbonyl (C=O) groups is 2. The highest BCUT2D eigenvalue weighted by Gasteiger charge is 2.34. The smallest absolute Gasteiger partial charge is 0.304 e. The van der Waals surface area contributed by atoms with Crippen LogP contribution in [0.3, 0.4) is 0 Å². The Labute approximate surface area is 233 Å². The van der Waals surface area contributed by atoms with Gasteiger partial charge in [-0.15, -0.1) is 0 Å². The molecule has 0 radical (unpaired) electrons. The molecule has 1 aliphatic rings. The fourth-order valence-corrected chi connectivity index (χ4v) is 5.87. The summed E-state index contributed by atoms with van der Waals surface area (Å²) in [5.74, 6) is -1.86. The first kappa shape index (κ1) is 30.1. The predicted molar refractivity (Wildman–Crippen MR) is 148 cm³/mol. The minimum atomic E-state index is -4.26. The average molecular weight is 588 g/mol. The van der Waals surface area contributed by atoms with Gasteiger partial charge in [-0.3, -0.25) is 9.59 Å². The lowest BCUT2D eigenvalue weighted by Crippen LogP contribution is -2.53. The van der Waals surface area contributed by atoms with Gasteiger partial charge in [-0.2, -0.15) is 12.7 Å². The zero-order valence-electron chi connectivity index (χ0n) is 21.7.